The molecule has 0 aliphatic rings. The zero-order valence-corrected chi connectivity index (χ0v) is 18.4. The lowest BCUT2D eigenvalue weighted by atomic mass is 10.2. The second-order valence-corrected chi connectivity index (χ2v) is 7.59. The van der Waals surface area contributed by atoms with Crippen LogP contribution < -0.4 is 10.1 Å². The molecule has 2 heterocycles. The lowest BCUT2D eigenvalue weighted by Crippen LogP contribution is -2.12. The number of aryl methyl sites for hydroxylation is 1. The van der Waals surface area contributed by atoms with Crippen LogP contribution in [0.15, 0.2) is 65.1 Å². The molecule has 174 valence electrons. The summed E-state index contributed by atoms with van der Waals surface area (Å²) in [5.74, 6) is 0.222. The number of furan rings is 1. The lowest BCUT2D eigenvalue weighted by molar-refractivity contribution is -0.384. The van der Waals surface area contributed by atoms with Gasteiger partial charge in [-0.3, -0.25) is 19.6 Å². The Morgan fingerprint density at radius 3 is 2.50 bits per heavy atom. The van der Waals surface area contributed by atoms with Gasteiger partial charge in [0, 0.05) is 12.1 Å². The molecule has 10 heteroatoms. The van der Waals surface area contributed by atoms with Crippen molar-refractivity contribution < 1.29 is 23.3 Å². The van der Waals surface area contributed by atoms with Crippen LogP contribution in [0.1, 0.15) is 33.3 Å². The van der Waals surface area contributed by atoms with Crippen LogP contribution in [0.5, 0.6) is 5.75 Å². The Balaban J connectivity index is 1.39. The fourth-order valence-corrected chi connectivity index (χ4v) is 3.37. The van der Waals surface area contributed by atoms with Crippen LogP contribution in [-0.2, 0) is 13.2 Å². The average molecular weight is 464 g/mol. The zero-order valence-electron chi connectivity index (χ0n) is 18.4. The van der Waals surface area contributed by atoms with E-state index in [-0.39, 0.29) is 23.9 Å². The van der Waals surface area contributed by atoms with Gasteiger partial charge in [-0.05, 0) is 55.8 Å². The molecule has 0 saturated heterocycles. The van der Waals surface area contributed by atoms with E-state index in [2.05, 4.69) is 10.4 Å². The van der Waals surface area contributed by atoms with Crippen molar-refractivity contribution in [1.29, 1.82) is 0 Å². The number of ether oxygens (including phenoxy) is 1. The first-order valence-electron chi connectivity index (χ1n) is 10.4. The van der Waals surface area contributed by atoms with Crippen molar-refractivity contribution in [2.24, 2.45) is 0 Å². The predicted octanol–water partition coefficient (Wildman–Crippen LogP) is 5.02. The molecule has 2 aromatic heterocycles. The molecular weight excluding hydrogens is 443 g/mol. The van der Waals surface area contributed by atoms with Crippen molar-refractivity contribution in [3.05, 3.63) is 105 Å². The quantitative estimate of drug-likeness (QED) is 0.289. The van der Waals surface area contributed by atoms with Gasteiger partial charge >= 0.3 is 0 Å². The molecule has 0 aliphatic carbocycles. The summed E-state index contributed by atoms with van der Waals surface area (Å²) in [6.45, 7) is 4.12. The summed E-state index contributed by atoms with van der Waals surface area (Å²) in [5, 5.41) is 18.0. The van der Waals surface area contributed by atoms with E-state index >= 15 is 0 Å². The summed E-state index contributed by atoms with van der Waals surface area (Å²) in [4.78, 5) is 23.0. The number of anilines is 1. The highest BCUT2D eigenvalue weighted by atomic mass is 19.1. The summed E-state index contributed by atoms with van der Waals surface area (Å²) in [6, 6.07) is 15.0. The number of nitrogens with one attached hydrogen (secondary N) is 1. The molecule has 2 aromatic carbocycles. The van der Waals surface area contributed by atoms with E-state index in [1.165, 1.54) is 42.5 Å². The highest BCUT2D eigenvalue weighted by Gasteiger charge is 2.18. The molecule has 9 nitrogen and oxygen atoms in total. The van der Waals surface area contributed by atoms with E-state index in [9.17, 15) is 19.3 Å². The van der Waals surface area contributed by atoms with Gasteiger partial charge in [0.2, 0.25) is 0 Å². The first kappa shape index (κ1) is 22.7. The van der Waals surface area contributed by atoms with E-state index in [4.69, 9.17) is 9.15 Å². The molecule has 0 bridgehead atoms. The van der Waals surface area contributed by atoms with Crippen molar-refractivity contribution in [3.63, 3.8) is 0 Å². The Morgan fingerprint density at radius 2 is 1.82 bits per heavy atom. The minimum Gasteiger partial charge on any atom is -0.486 e. The lowest BCUT2D eigenvalue weighted by Gasteiger charge is -2.07. The third-order valence-corrected chi connectivity index (χ3v) is 5.18. The number of nitro benzene ring substituents is 1. The second-order valence-electron chi connectivity index (χ2n) is 7.59. The standard InChI is InChI=1S/C24H21FN4O5/c1-15-23(16(2)28(27-15)13-17-3-5-18(25)6-4-17)26-24(30)22-12-11-21(34-22)14-33-20-9-7-19(8-10-20)29(31)32/h3-12H,13-14H2,1-2H3,(H,26,30). The highest BCUT2D eigenvalue weighted by molar-refractivity contribution is 6.02. The Bertz CT molecular complexity index is 1330. The number of hydrogen-bond donors (Lipinski definition) is 1. The molecule has 0 aliphatic heterocycles. The van der Waals surface area contributed by atoms with Crippen LogP contribution in [0, 0.1) is 29.8 Å². The number of nitrogens with zero attached hydrogens (tertiary/aromatic N) is 3. The van der Waals surface area contributed by atoms with Gasteiger partial charge in [-0.15, -0.1) is 0 Å². The average Bonchev–Trinajstić information content (AvgIpc) is 3.40. The molecule has 0 unspecified atom stereocenters. The highest BCUT2D eigenvalue weighted by Crippen LogP contribution is 2.23. The van der Waals surface area contributed by atoms with Gasteiger partial charge in [-0.25, -0.2) is 4.39 Å². The van der Waals surface area contributed by atoms with Gasteiger partial charge in [0.05, 0.1) is 28.5 Å². The largest absolute Gasteiger partial charge is 0.486 e. The Labute approximate surface area is 193 Å². The predicted molar refractivity (Wildman–Crippen MR) is 121 cm³/mol. The maximum absolute atomic E-state index is 13.1. The summed E-state index contributed by atoms with van der Waals surface area (Å²) >= 11 is 0. The van der Waals surface area contributed by atoms with Crippen LogP contribution in [0.4, 0.5) is 15.8 Å². The second kappa shape index (κ2) is 9.57. The number of halogens is 1. The molecule has 0 atom stereocenters. The molecule has 0 spiro atoms. The summed E-state index contributed by atoms with van der Waals surface area (Å²) in [7, 11) is 0. The van der Waals surface area contributed by atoms with E-state index in [0.29, 0.717) is 29.4 Å². The number of nitro groups is 1. The number of benzene rings is 2. The van der Waals surface area contributed by atoms with Gasteiger partial charge in [-0.2, -0.15) is 5.10 Å². The number of carbonyl (C=O) groups excluding carboxylic acids is 1. The van der Waals surface area contributed by atoms with Crippen molar-refractivity contribution in [3.8, 4) is 5.75 Å². The third kappa shape index (κ3) is 5.12. The number of rotatable bonds is 8. The SMILES string of the molecule is Cc1nn(Cc2ccc(F)cc2)c(C)c1NC(=O)c1ccc(COc2ccc([N+](=O)[O-])cc2)o1. The molecule has 0 saturated carbocycles. The van der Waals surface area contributed by atoms with Gasteiger partial charge in [0.25, 0.3) is 11.6 Å². The van der Waals surface area contributed by atoms with Crippen LogP contribution in [0.2, 0.25) is 0 Å². The fraction of sp³-hybridized carbons (Fsp3) is 0.167. The summed E-state index contributed by atoms with van der Waals surface area (Å²) < 4.78 is 26.0. The first-order chi connectivity index (χ1) is 16.3. The minimum atomic E-state index is -0.489. The summed E-state index contributed by atoms with van der Waals surface area (Å²) in [6.07, 6.45) is 0. The first-order valence-corrected chi connectivity index (χ1v) is 10.4. The minimum absolute atomic E-state index is 0.0316. The number of hydrogen-bond acceptors (Lipinski definition) is 6. The molecule has 4 rings (SSSR count). The van der Waals surface area contributed by atoms with Crippen molar-refractivity contribution in [1.82, 2.24) is 9.78 Å². The maximum Gasteiger partial charge on any atom is 0.291 e. The maximum atomic E-state index is 13.1. The molecular formula is C24H21FN4O5. The van der Waals surface area contributed by atoms with Gasteiger partial charge in [0.15, 0.2) is 5.76 Å². The van der Waals surface area contributed by atoms with Crippen LogP contribution in [-0.4, -0.2) is 20.6 Å². The number of non-ortho nitro benzene ring substituents is 1. The van der Waals surface area contributed by atoms with Crippen LogP contribution in [0.3, 0.4) is 0 Å². The molecule has 0 fully saturated rings. The molecule has 1 N–H and O–H groups in total. The Hall–Kier alpha value is -4.47. The molecule has 34 heavy (non-hydrogen) atoms. The summed E-state index contributed by atoms with van der Waals surface area (Å²) in [5.41, 5.74) is 2.82. The normalized spacial score (nSPS) is 10.8. The van der Waals surface area contributed by atoms with Crippen molar-refractivity contribution in [2.45, 2.75) is 27.0 Å². The molecule has 4 aromatic rings. The van der Waals surface area contributed by atoms with E-state index < -0.39 is 10.8 Å². The number of carbonyl (C=O) groups is 1. The van der Waals surface area contributed by atoms with Crippen molar-refractivity contribution >= 4 is 17.3 Å². The fourth-order valence-electron chi connectivity index (χ4n) is 3.37. The van der Waals surface area contributed by atoms with E-state index in [1.807, 2.05) is 6.92 Å². The zero-order chi connectivity index (χ0) is 24.2. The van der Waals surface area contributed by atoms with Crippen LogP contribution in [0.25, 0.3) is 0 Å². The van der Waals surface area contributed by atoms with E-state index in [1.54, 1.807) is 29.8 Å². The third-order valence-electron chi connectivity index (χ3n) is 5.18. The smallest absolute Gasteiger partial charge is 0.291 e. The van der Waals surface area contributed by atoms with Crippen LogP contribution >= 0.6 is 0 Å². The van der Waals surface area contributed by atoms with E-state index in [0.717, 1.165) is 11.3 Å². The van der Waals surface area contributed by atoms with Gasteiger partial charge in [-0.1, -0.05) is 12.1 Å². The Kier molecular flexibility index (Phi) is 6.39. The van der Waals surface area contributed by atoms with Crippen molar-refractivity contribution in [2.75, 3.05) is 5.32 Å². The monoisotopic (exact) mass is 464 g/mol. The van der Waals surface area contributed by atoms with Gasteiger partial charge < -0.3 is 14.5 Å². The number of amides is 1. The molecule has 1 amide bonds. The van der Waals surface area contributed by atoms with Gasteiger partial charge in [0.1, 0.15) is 23.9 Å². The Morgan fingerprint density at radius 1 is 1.12 bits per heavy atom. The number of aromatic nitrogens is 2. The molecule has 0 radical (unpaired) electrons. The topological polar surface area (TPSA) is 112 Å².